The Bertz CT molecular complexity index is 714. The predicted octanol–water partition coefficient (Wildman–Crippen LogP) is 2.11. The van der Waals surface area contributed by atoms with Gasteiger partial charge in [-0.15, -0.1) is 0 Å². The molecule has 0 N–H and O–H groups in total. The lowest BCUT2D eigenvalue weighted by Crippen LogP contribution is -2.22. The molecule has 102 valence electrons. The van der Waals surface area contributed by atoms with E-state index in [0.717, 1.165) is 12.0 Å². The summed E-state index contributed by atoms with van der Waals surface area (Å²) in [6, 6.07) is 10.8. The summed E-state index contributed by atoms with van der Waals surface area (Å²) in [5.41, 5.74) is 0.995. The fourth-order valence-corrected chi connectivity index (χ4v) is 1.84. The van der Waals surface area contributed by atoms with E-state index in [1.54, 1.807) is 0 Å². The van der Waals surface area contributed by atoms with E-state index in [0.29, 0.717) is 18.1 Å². The van der Waals surface area contributed by atoms with E-state index >= 15 is 0 Å². The number of nitrogens with zero attached hydrogens (tertiary/aromatic N) is 3. The van der Waals surface area contributed by atoms with Gasteiger partial charge in [0, 0.05) is 12.6 Å². The summed E-state index contributed by atoms with van der Waals surface area (Å²) in [6.07, 6.45) is 0.901. The second-order valence-electron chi connectivity index (χ2n) is 4.33. The fourth-order valence-electron chi connectivity index (χ4n) is 1.84. The number of aryl methyl sites for hydroxylation is 1. The maximum Gasteiger partial charge on any atom is 0.284 e. The predicted molar refractivity (Wildman–Crippen MR) is 75.4 cm³/mol. The van der Waals surface area contributed by atoms with Gasteiger partial charge in [-0.25, -0.2) is 4.68 Å². The van der Waals surface area contributed by atoms with Crippen molar-refractivity contribution in [1.29, 1.82) is 5.26 Å². The van der Waals surface area contributed by atoms with Gasteiger partial charge in [0.05, 0.1) is 12.3 Å². The molecule has 0 spiro atoms. The van der Waals surface area contributed by atoms with Crippen LogP contribution in [0.5, 0.6) is 5.75 Å². The third kappa shape index (κ3) is 2.69. The molecule has 0 fully saturated rings. The molecule has 0 aliphatic heterocycles. The molecule has 0 radical (unpaired) electrons. The van der Waals surface area contributed by atoms with E-state index in [1.807, 2.05) is 37.3 Å². The molecule has 1 heterocycles. The highest BCUT2D eigenvalue weighted by atomic mass is 16.5. The van der Waals surface area contributed by atoms with Gasteiger partial charge in [0.15, 0.2) is 0 Å². The van der Waals surface area contributed by atoms with Crippen LogP contribution in [0.15, 0.2) is 35.1 Å². The van der Waals surface area contributed by atoms with Crippen molar-refractivity contribution in [3.8, 4) is 23.1 Å². The van der Waals surface area contributed by atoms with Crippen LogP contribution in [-0.2, 0) is 7.05 Å². The molecule has 2 rings (SSSR count). The summed E-state index contributed by atoms with van der Waals surface area (Å²) in [7, 11) is 1.53. The van der Waals surface area contributed by atoms with Gasteiger partial charge in [-0.3, -0.25) is 4.79 Å². The molecule has 0 amide bonds. The van der Waals surface area contributed by atoms with E-state index < -0.39 is 5.56 Å². The zero-order valence-electron chi connectivity index (χ0n) is 11.5. The van der Waals surface area contributed by atoms with Gasteiger partial charge < -0.3 is 4.74 Å². The first-order valence-electron chi connectivity index (χ1n) is 6.38. The van der Waals surface area contributed by atoms with E-state index in [9.17, 15) is 4.79 Å². The van der Waals surface area contributed by atoms with Crippen LogP contribution in [0, 0.1) is 11.3 Å². The standard InChI is InChI=1S/C15H15N3O2/c1-3-8-20-14-7-5-4-6-12(14)13-9-11(10-16)15(19)18(2)17-13/h4-7,9H,3,8H2,1-2H3. The molecule has 2 aromatic rings. The summed E-state index contributed by atoms with van der Waals surface area (Å²) >= 11 is 0. The summed E-state index contributed by atoms with van der Waals surface area (Å²) in [5, 5.41) is 13.2. The molecule has 0 saturated carbocycles. The monoisotopic (exact) mass is 269 g/mol. The average molecular weight is 269 g/mol. The Morgan fingerprint density at radius 2 is 2.15 bits per heavy atom. The lowest BCUT2D eigenvalue weighted by molar-refractivity contribution is 0.318. The average Bonchev–Trinajstić information content (AvgIpc) is 2.48. The Kier molecular flexibility index (Phi) is 4.16. The molecule has 1 aromatic carbocycles. The van der Waals surface area contributed by atoms with Crippen LogP contribution < -0.4 is 10.3 Å². The Balaban J connectivity index is 2.55. The topological polar surface area (TPSA) is 67.9 Å². The van der Waals surface area contributed by atoms with Gasteiger partial charge in [-0.1, -0.05) is 19.1 Å². The van der Waals surface area contributed by atoms with Gasteiger partial charge in [-0.2, -0.15) is 10.4 Å². The van der Waals surface area contributed by atoms with Crippen molar-refractivity contribution >= 4 is 0 Å². The van der Waals surface area contributed by atoms with E-state index in [-0.39, 0.29) is 5.56 Å². The molecule has 0 saturated heterocycles. The zero-order valence-corrected chi connectivity index (χ0v) is 11.5. The molecular formula is C15H15N3O2. The highest BCUT2D eigenvalue weighted by Crippen LogP contribution is 2.28. The number of aromatic nitrogens is 2. The van der Waals surface area contributed by atoms with Gasteiger partial charge >= 0.3 is 0 Å². The van der Waals surface area contributed by atoms with Crippen molar-refractivity contribution in [3.05, 3.63) is 46.2 Å². The number of nitriles is 1. The van der Waals surface area contributed by atoms with Crippen molar-refractivity contribution in [3.63, 3.8) is 0 Å². The van der Waals surface area contributed by atoms with E-state index in [2.05, 4.69) is 5.10 Å². The van der Waals surface area contributed by atoms with Gasteiger partial charge in [-0.05, 0) is 24.6 Å². The molecule has 20 heavy (non-hydrogen) atoms. The fraction of sp³-hybridized carbons (Fsp3) is 0.267. The minimum absolute atomic E-state index is 0.0720. The smallest absolute Gasteiger partial charge is 0.284 e. The third-order valence-corrected chi connectivity index (χ3v) is 2.81. The largest absolute Gasteiger partial charge is 0.493 e. The van der Waals surface area contributed by atoms with Gasteiger partial charge in [0.25, 0.3) is 5.56 Å². The van der Waals surface area contributed by atoms with Crippen LogP contribution in [-0.4, -0.2) is 16.4 Å². The SMILES string of the molecule is CCCOc1ccccc1-c1cc(C#N)c(=O)n(C)n1. The summed E-state index contributed by atoms with van der Waals surface area (Å²) in [4.78, 5) is 11.7. The molecule has 0 atom stereocenters. The number of rotatable bonds is 4. The normalized spacial score (nSPS) is 10.1. The summed E-state index contributed by atoms with van der Waals surface area (Å²) in [6.45, 7) is 2.63. The van der Waals surface area contributed by atoms with Crippen molar-refractivity contribution in [1.82, 2.24) is 9.78 Å². The molecule has 0 unspecified atom stereocenters. The summed E-state index contributed by atoms with van der Waals surface area (Å²) in [5.74, 6) is 0.699. The summed E-state index contributed by atoms with van der Waals surface area (Å²) < 4.78 is 6.85. The number of hydrogen-bond donors (Lipinski definition) is 0. The third-order valence-electron chi connectivity index (χ3n) is 2.81. The lowest BCUT2D eigenvalue weighted by Gasteiger charge is -2.11. The Morgan fingerprint density at radius 3 is 2.85 bits per heavy atom. The lowest BCUT2D eigenvalue weighted by atomic mass is 10.1. The molecule has 0 aliphatic carbocycles. The second kappa shape index (κ2) is 6.02. The second-order valence-corrected chi connectivity index (χ2v) is 4.33. The number of hydrogen-bond acceptors (Lipinski definition) is 4. The first-order valence-corrected chi connectivity index (χ1v) is 6.38. The molecule has 5 heteroatoms. The molecule has 5 nitrogen and oxygen atoms in total. The Hall–Kier alpha value is -2.61. The molecular weight excluding hydrogens is 254 g/mol. The first-order chi connectivity index (χ1) is 9.67. The number of benzene rings is 1. The maximum atomic E-state index is 11.7. The molecule has 1 aromatic heterocycles. The van der Waals surface area contributed by atoms with Crippen molar-refractivity contribution in [2.75, 3.05) is 6.61 Å². The highest BCUT2D eigenvalue weighted by molar-refractivity contribution is 5.67. The van der Waals surface area contributed by atoms with Crippen LogP contribution in [0.4, 0.5) is 0 Å². The zero-order chi connectivity index (χ0) is 14.5. The number of para-hydroxylation sites is 1. The number of ether oxygens (including phenoxy) is 1. The minimum Gasteiger partial charge on any atom is -0.493 e. The van der Waals surface area contributed by atoms with Gasteiger partial charge in [0.2, 0.25) is 0 Å². The van der Waals surface area contributed by atoms with Crippen LogP contribution in [0.3, 0.4) is 0 Å². The van der Waals surface area contributed by atoms with Crippen molar-refractivity contribution in [2.45, 2.75) is 13.3 Å². The Labute approximate surface area is 117 Å². The quantitative estimate of drug-likeness (QED) is 0.852. The van der Waals surface area contributed by atoms with Crippen molar-refractivity contribution in [2.24, 2.45) is 7.05 Å². The van der Waals surface area contributed by atoms with Crippen molar-refractivity contribution < 1.29 is 4.74 Å². The van der Waals surface area contributed by atoms with Crippen LogP contribution in [0.25, 0.3) is 11.3 Å². The molecule has 0 bridgehead atoms. The molecule has 0 aliphatic rings. The van der Waals surface area contributed by atoms with E-state index in [4.69, 9.17) is 10.00 Å². The van der Waals surface area contributed by atoms with Crippen LogP contribution in [0.2, 0.25) is 0 Å². The van der Waals surface area contributed by atoms with Crippen LogP contribution >= 0.6 is 0 Å². The van der Waals surface area contributed by atoms with Crippen LogP contribution in [0.1, 0.15) is 18.9 Å². The minimum atomic E-state index is -0.400. The Morgan fingerprint density at radius 1 is 1.40 bits per heavy atom. The maximum absolute atomic E-state index is 11.7. The highest BCUT2D eigenvalue weighted by Gasteiger charge is 2.11. The van der Waals surface area contributed by atoms with E-state index in [1.165, 1.54) is 17.8 Å². The first kappa shape index (κ1) is 13.8. The van der Waals surface area contributed by atoms with Gasteiger partial charge in [0.1, 0.15) is 17.4 Å².